The van der Waals surface area contributed by atoms with Crippen molar-refractivity contribution in [1.82, 2.24) is 15.2 Å². The van der Waals surface area contributed by atoms with Gasteiger partial charge in [0, 0.05) is 31.7 Å². The molecule has 1 saturated heterocycles. The number of rotatable bonds is 3. The van der Waals surface area contributed by atoms with Crippen LogP contribution >= 0.6 is 11.6 Å². The number of hydrogen-bond donors (Lipinski definition) is 2. The van der Waals surface area contributed by atoms with E-state index < -0.39 is 5.54 Å². The Labute approximate surface area is 179 Å². The average molecular weight is 433 g/mol. The number of likely N-dealkylation sites (tertiary alicyclic amines) is 1. The summed E-state index contributed by atoms with van der Waals surface area (Å²) in [5.74, 6) is 0.172. The van der Waals surface area contributed by atoms with Crippen molar-refractivity contribution in [3.05, 3.63) is 22.5 Å². The molecule has 1 aliphatic carbocycles. The number of hydrogen-bond acceptors (Lipinski definition) is 5. The predicted molar refractivity (Wildman–Crippen MR) is 112 cm³/mol. The molecule has 1 spiro atoms. The number of aromatic nitrogens is 1. The molecule has 1 saturated carbocycles. The Kier molecular flexibility index (Phi) is 4.86. The van der Waals surface area contributed by atoms with Gasteiger partial charge in [-0.15, -0.1) is 0 Å². The average Bonchev–Trinajstić information content (AvgIpc) is 3.35. The van der Waals surface area contributed by atoms with E-state index in [0.29, 0.717) is 47.4 Å². The summed E-state index contributed by atoms with van der Waals surface area (Å²) in [6.45, 7) is 1.92. The van der Waals surface area contributed by atoms with Gasteiger partial charge in [-0.05, 0) is 25.3 Å². The highest BCUT2D eigenvalue weighted by Crippen LogP contribution is 2.48. The van der Waals surface area contributed by atoms with Crippen molar-refractivity contribution in [3.63, 3.8) is 0 Å². The predicted octanol–water partition coefficient (Wildman–Crippen LogP) is 3.88. The number of amides is 3. The van der Waals surface area contributed by atoms with E-state index in [0.717, 1.165) is 44.1 Å². The number of carbonyl (C=O) groups is 2. The molecule has 0 bridgehead atoms. The molecule has 1 atom stereocenters. The second-order valence-electron chi connectivity index (χ2n) is 8.56. The molecule has 2 aromatic rings. The number of nitrogens with one attached hydrogen (secondary N) is 2. The lowest BCUT2D eigenvalue weighted by molar-refractivity contribution is 0.0738. The molecule has 8 nitrogen and oxygen atoms in total. The summed E-state index contributed by atoms with van der Waals surface area (Å²) in [5.41, 5.74) is 1.90. The van der Waals surface area contributed by atoms with Crippen LogP contribution in [0.5, 0.6) is 0 Å². The van der Waals surface area contributed by atoms with E-state index in [1.807, 2.05) is 0 Å². The number of halogens is 1. The number of fused-ring (bicyclic) bond motifs is 4. The molecule has 9 heteroatoms. The molecule has 0 radical (unpaired) electrons. The zero-order valence-electron chi connectivity index (χ0n) is 16.9. The van der Waals surface area contributed by atoms with E-state index in [1.54, 1.807) is 18.1 Å². The van der Waals surface area contributed by atoms with Crippen LogP contribution in [-0.2, 0) is 10.3 Å². The second kappa shape index (κ2) is 7.42. The fourth-order valence-corrected chi connectivity index (χ4v) is 5.43. The maximum absolute atomic E-state index is 13.0. The van der Waals surface area contributed by atoms with Crippen LogP contribution < -0.4 is 10.6 Å². The van der Waals surface area contributed by atoms with Gasteiger partial charge >= 0.3 is 11.9 Å². The van der Waals surface area contributed by atoms with Gasteiger partial charge in [0.2, 0.25) is 0 Å². The van der Waals surface area contributed by atoms with Gasteiger partial charge in [-0.3, -0.25) is 4.79 Å². The summed E-state index contributed by atoms with van der Waals surface area (Å²) in [7, 11) is 1.67. The van der Waals surface area contributed by atoms with E-state index >= 15 is 0 Å². The molecule has 1 unspecified atom stereocenters. The first kappa shape index (κ1) is 19.6. The lowest BCUT2D eigenvalue weighted by Crippen LogP contribution is -2.52. The number of nitrogens with zero attached hydrogens (tertiary/aromatic N) is 2. The summed E-state index contributed by atoms with van der Waals surface area (Å²) in [4.78, 5) is 31.7. The first-order valence-electron chi connectivity index (χ1n) is 10.5. The van der Waals surface area contributed by atoms with Gasteiger partial charge in [-0.2, -0.15) is 0 Å². The molecule has 3 heterocycles. The molecule has 2 N–H and O–H groups in total. The quantitative estimate of drug-likeness (QED) is 0.767. The van der Waals surface area contributed by atoms with Crippen LogP contribution in [0, 0.1) is 5.92 Å². The van der Waals surface area contributed by atoms with E-state index in [9.17, 15) is 9.59 Å². The van der Waals surface area contributed by atoms with Crippen LogP contribution in [-0.4, -0.2) is 48.6 Å². The molecule has 5 rings (SSSR count). The van der Waals surface area contributed by atoms with Crippen LogP contribution in [0.15, 0.2) is 10.5 Å². The number of anilines is 1. The summed E-state index contributed by atoms with van der Waals surface area (Å²) < 4.78 is 11.3. The Bertz CT molecular complexity index is 1010. The Hall–Kier alpha value is -2.32. The number of urea groups is 1. The SMILES string of the molecule is COCC1CCN(C(=O)c2nc3cc(Cl)c4c(c3o2)C2(CCCCC2)NC(=O)N4)C1. The van der Waals surface area contributed by atoms with Gasteiger partial charge in [0.1, 0.15) is 5.52 Å². The zero-order valence-corrected chi connectivity index (χ0v) is 17.7. The van der Waals surface area contributed by atoms with Crippen LogP contribution in [0.2, 0.25) is 5.02 Å². The van der Waals surface area contributed by atoms with E-state index in [-0.39, 0.29) is 17.8 Å². The highest BCUT2D eigenvalue weighted by Gasteiger charge is 2.44. The van der Waals surface area contributed by atoms with Crippen molar-refractivity contribution in [3.8, 4) is 0 Å². The highest BCUT2D eigenvalue weighted by molar-refractivity contribution is 6.35. The lowest BCUT2D eigenvalue weighted by Gasteiger charge is -2.42. The molecular formula is C21H25ClN4O4. The van der Waals surface area contributed by atoms with Gasteiger partial charge in [0.05, 0.1) is 22.9 Å². The Balaban J connectivity index is 1.56. The second-order valence-corrected chi connectivity index (χ2v) is 8.97. The largest absolute Gasteiger partial charge is 0.432 e. The Morgan fingerprint density at radius 1 is 1.40 bits per heavy atom. The monoisotopic (exact) mass is 432 g/mol. The highest BCUT2D eigenvalue weighted by atomic mass is 35.5. The van der Waals surface area contributed by atoms with Crippen LogP contribution in [0.25, 0.3) is 11.1 Å². The third-order valence-electron chi connectivity index (χ3n) is 6.57. The minimum atomic E-state index is -0.546. The third-order valence-corrected chi connectivity index (χ3v) is 6.87. The van der Waals surface area contributed by atoms with Crippen molar-refractivity contribution in [2.24, 2.45) is 5.92 Å². The molecule has 3 amide bonds. The van der Waals surface area contributed by atoms with E-state index in [2.05, 4.69) is 15.6 Å². The van der Waals surface area contributed by atoms with Crippen molar-refractivity contribution in [2.45, 2.75) is 44.1 Å². The topological polar surface area (TPSA) is 96.7 Å². The molecule has 1 aromatic heterocycles. The number of ether oxygens (including phenoxy) is 1. The maximum Gasteiger partial charge on any atom is 0.319 e. The molecule has 30 heavy (non-hydrogen) atoms. The van der Waals surface area contributed by atoms with Crippen molar-refractivity contribution >= 4 is 40.3 Å². The van der Waals surface area contributed by atoms with Crippen LogP contribution in [0.1, 0.15) is 54.8 Å². The maximum atomic E-state index is 13.0. The zero-order chi connectivity index (χ0) is 20.9. The minimum Gasteiger partial charge on any atom is -0.432 e. The van der Waals surface area contributed by atoms with Crippen LogP contribution in [0.3, 0.4) is 0 Å². The van der Waals surface area contributed by atoms with Gasteiger partial charge in [-0.25, -0.2) is 9.78 Å². The van der Waals surface area contributed by atoms with Gasteiger partial charge in [0.25, 0.3) is 5.89 Å². The first-order valence-corrected chi connectivity index (χ1v) is 10.9. The summed E-state index contributed by atoms with van der Waals surface area (Å²) in [6, 6.07) is 1.40. The number of benzene rings is 1. The van der Waals surface area contributed by atoms with Crippen molar-refractivity contribution in [1.29, 1.82) is 0 Å². The minimum absolute atomic E-state index is 0.0652. The number of carbonyl (C=O) groups excluding carboxylic acids is 2. The fourth-order valence-electron chi connectivity index (χ4n) is 5.18. The molecule has 1 aromatic carbocycles. The van der Waals surface area contributed by atoms with E-state index in [4.69, 9.17) is 20.8 Å². The standard InChI is InChI=1S/C21H25ClN4O4/c1-29-11-12-5-8-26(10-12)19(27)18-23-14-9-13(22)16-15(17(14)30-18)21(25-20(28)24-16)6-3-2-4-7-21/h9,12H,2-8,10-11H2,1H3,(H2,24,25,28). The fraction of sp³-hybridized carbons (Fsp3) is 0.571. The summed E-state index contributed by atoms with van der Waals surface area (Å²) in [5, 5.41) is 6.35. The summed E-state index contributed by atoms with van der Waals surface area (Å²) >= 11 is 6.53. The molecule has 2 fully saturated rings. The smallest absolute Gasteiger partial charge is 0.319 e. The number of oxazole rings is 1. The van der Waals surface area contributed by atoms with Gasteiger partial charge in [-0.1, -0.05) is 30.9 Å². The first-order chi connectivity index (χ1) is 14.5. The molecule has 160 valence electrons. The van der Waals surface area contributed by atoms with E-state index in [1.165, 1.54) is 0 Å². The van der Waals surface area contributed by atoms with Gasteiger partial charge in [0.15, 0.2) is 5.58 Å². The Morgan fingerprint density at radius 2 is 2.20 bits per heavy atom. The lowest BCUT2D eigenvalue weighted by atomic mass is 9.74. The normalized spacial score (nSPS) is 22.8. The van der Waals surface area contributed by atoms with Crippen molar-refractivity contribution < 1.29 is 18.7 Å². The number of methoxy groups -OCH3 is 1. The Morgan fingerprint density at radius 3 is 2.97 bits per heavy atom. The molecule has 3 aliphatic rings. The summed E-state index contributed by atoms with van der Waals surface area (Å²) in [6.07, 6.45) is 5.64. The third kappa shape index (κ3) is 3.13. The van der Waals surface area contributed by atoms with Crippen molar-refractivity contribution in [2.75, 3.05) is 32.1 Å². The van der Waals surface area contributed by atoms with Gasteiger partial charge < -0.3 is 24.7 Å². The molecular weight excluding hydrogens is 408 g/mol. The molecule has 2 aliphatic heterocycles. The van der Waals surface area contributed by atoms with Crippen LogP contribution in [0.4, 0.5) is 10.5 Å².